The molecular formula is C24H24ClN3O4S. The summed E-state index contributed by atoms with van der Waals surface area (Å²) in [7, 11) is 0. The second-order valence-electron chi connectivity index (χ2n) is 8.38. The fourth-order valence-corrected chi connectivity index (χ4v) is 5.17. The van der Waals surface area contributed by atoms with Crippen LogP contribution < -0.4 is 20.1 Å². The molecule has 7 nitrogen and oxygen atoms in total. The van der Waals surface area contributed by atoms with Crippen LogP contribution in [0.15, 0.2) is 48.7 Å². The van der Waals surface area contributed by atoms with Gasteiger partial charge < -0.3 is 25.2 Å². The van der Waals surface area contributed by atoms with E-state index in [0.29, 0.717) is 28.2 Å². The Morgan fingerprint density at radius 2 is 2.03 bits per heavy atom. The lowest BCUT2D eigenvalue weighted by Gasteiger charge is -2.20. The van der Waals surface area contributed by atoms with Crippen molar-refractivity contribution in [2.45, 2.75) is 37.3 Å². The van der Waals surface area contributed by atoms with Crippen molar-refractivity contribution in [1.29, 1.82) is 0 Å². The Labute approximate surface area is 200 Å². The van der Waals surface area contributed by atoms with E-state index in [4.69, 9.17) is 21.1 Å². The molecule has 3 aromatic rings. The molecule has 0 bridgehead atoms. The smallest absolute Gasteiger partial charge is 0.236 e. The number of thiazole rings is 1. The molecule has 1 fully saturated rings. The standard InChI is InChI=1S/C24H24ClN3O4S/c1-14(29)11-26-21(16-4-2-3-5-17(16)25)20-12-27-23(33-20)28-22(30)24(8-9-24)15-6-7-18-19(10-15)32-13-31-18/h2-7,10,12,14,21,26,29H,8-9,11,13H2,1H3,(H,27,28,30)/t14-,21?/m1/s1. The minimum absolute atomic E-state index is 0.0755. The van der Waals surface area contributed by atoms with Crippen LogP contribution in [0.3, 0.4) is 0 Å². The molecule has 2 atom stereocenters. The molecule has 0 radical (unpaired) electrons. The summed E-state index contributed by atoms with van der Waals surface area (Å²) in [4.78, 5) is 18.6. The number of rotatable bonds is 8. The highest BCUT2D eigenvalue weighted by molar-refractivity contribution is 7.15. The Morgan fingerprint density at radius 3 is 2.79 bits per heavy atom. The van der Waals surface area contributed by atoms with Crippen molar-refractivity contribution in [1.82, 2.24) is 10.3 Å². The normalized spacial score (nSPS) is 17.4. The second-order valence-corrected chi connectivity index (χ2v) is 9.85. The molecule has 9 heteroatoms. The van der Waals surface area contributed by atoms with Crippen LogP contribution in [0.25, 0.3) is 0 Å². The molecule has 2 aromatic carbocycles. The summed E-state index contributed by atoms with van der Waals surface area (Å²) in [5.74, 6) is 1.30. The van der Waals surface area contributed by atoms with E-state index in [1.165, 1.54) is 11.3 Å². The predicted octanol–water partition coefficient (Wildman–Crippen LogP) is 4.26. The van der Waals surface area contributed by atoms with E-state index in [2.05, 4.69) is 15.6 Å². The van der Waals surface area contributed by atoms with Crippen molar-refractivity contribution in [2.75, 3.05) is 18.7 Å². The quantitative estimate of drug-likeness (QED) is 0.441. The highest BCUT2D eigenvalue weighted by Gasteiger charge is 2.52. The molecule has 2 aliphatic rings. The van der Waals surface area contributed by atoms with Crippen LogP contribution in [0, 0.1) is 0 Å². The number of anilines is 1. The lowest BCUT2D eigenvalue weighted by atomic mass is 9.94. The zero-order valence-corrected chi connectivity index (χ0v) is 19.6. The summed E-state index contributed by atoms with van der Waals surface area (Å²) in [5.41, 5.74) is 1.24. The number of aliphatic hydroxyl groups excluding tert-OH is 1. The summed E-state index contributed by atoms with van der Waals surface area (Å²) in [6.45, 7) is 2.32. The van der Waals surface area contributed by atoms with E-state index >= 15 is 0 Å². The fourth-order valence-electron chi connectivity index (χ4n) is 4.02. The number of nitrogens with zero attached hydrogens (tertiary/aromatic N) is 1. The van der Waals surface area contributed by atoms with Gasteiger partial charge in [0.1, 0.15) is 0 Å². The number of hydrogen-bond donors (Lipinski definition) is 3. The minimum atomic E-state index is -0.570. The van der Waals surface area contributed by atoms with E-state index in [1.54, 1.807) is 13.1 Å². The topological polar surface area (TPSA) is 92.7 Å². The molecule has 5 rings (SSSR count). The van der Waals surface area contributed by atoms with Gasteiger partial charge in [0.2, 0.25) is 12.7 Å². The second kappa shape index (κ2) is 8.95. The number of carbonyl (C=O) groups excluding carboxylic acids is 1. The Hall–Kier alpha value is -2.65. The summed E-state index contributed by atoms with van der Waals surface area (Å²) in [6, 6.07) is 13.0. The summed E-state index contributed by atoms with van der Waals surface area (Å²) < 4.78 is 10.9. The largest absolute Gasteiger partial charge is 0.454 e. The number of carbonyl (C=O) groups is 1. The molecule has 1 amide bonds. The predicted molar refractivity (Wildman–Crippen MR) is 127 cm³/mol. The molecule has 1 aromatic heterocycles. The molecular weight excluding hydrogens is 462 g/mol. The fraction of sp³-hybridized carbons (Fsp3) is 0.333. The van der Waals surface area contributed by atoms with Crippen molar-refractivity contribution in [3.05, 3.63) is 69.7 Å². The lowest BCUT2D eigenvalue weighted by Crippen LogP contribution is -2.29. The van der Waals surface area contributed by atoms with Gasteiger partial charge in [-0.1, -0.05) is 47.2 Å². The van der Waals surface area contributed by atoms with Crippen LogP contribution in [0.1, 0.15) is 41.8 Å². The van der Waals surface area contributed by atoms with Crippen molar-refractivity contribution in [2.24, 2.45) is 0 Å². The monoisotopic (exact) mass is 485 g/mol. The number of ether oxygens (including phenoxy) is 2. The minimum Gasteiger partial charge on any atom is -0.454 e. The van der Waals surface area contributed by atoms with Crippen molar-refractivity contribution >= 4 is 34.0 Å². The number of aliphatic hydroxyl groups is 1. The third kappa shape index (κ3) is 4.44. The summed E-state index contributed by atoms with van der Waals surface area (Å²) >= 11 is 7.84. The SMILES string of the molecule is C[C@@H](O)CNC(c1cnc(NC(=O)C2(c3ccc4c(c3)OCO4)CC2)s1)c1ccccc1Cl. The molecule has 3 N–H and O–H groups in total. The Bertz CT molecular complexity index is 1180. The summed E-state index contributed by atoms with van der Waals surface area (Å²) in [6.07, 6.45) is 2.77. The number of aromatic nitrogens is 1. The first-order chi connectivity index (χ1) is 16.0. The number of hydrogen-bond acceptors (Lipinski definition) is 7. The number of nitrogens with one attached hydrogen (secondary N) is 2. The molecule has 2 heterocycles. The molecule has 172 valence electrons. The Balaban J connectivity index is 1.35. The first-order valence-electron chi connectivity index (χ1n) is 10.8. The van der Waals surface area contributed by atoms with Gasteiger partial charge in [-0.15, -0.1) is 0 Å². The van der Waals surface area contributed by atoms with E-state index in [1.807, 2.05) is 42.5 Å². The van der Waals surface area contributed by atoms with Gasteiger partial charge in [0.25, 0.3) is 0 Å². The van der Waals surface area contributed by atoms with E-state index in [-0.39, 0.29) is 18.7 Å². The molecule has 0 spiro atoms. The third-order valence-electron chi connectivity index (χ3n) is 5.97. The Kier molecular flexibility index (Phi) is 6.01. The highest BCUT2D eigenvalue weighted by Crippen LogP contribution is 2.51. The number of halogens is 1. The summed E-state index contributed by atoms with van der Waals surface area (Å²) in [5, 5.41) is 17.3. The maximum absolute atomic E-state index is 13.2. The van der Waals surface area contributed by atoms with E-state index in [9.17, 15) is 9.90 Å². The van der Waals surface area contributed by atoms with Crippen LogP contribution in [0.5, 0.6) is 11.5 Å². The number of fused-ring (bicyclic) bond motifs is 1. The molecule has 1 saturated carbocycles. The van der Waals surface area contributed by atoms with Gasteiger partial charge in [0, 0.05) is 22.6 Å². The van der Waals surface area contributed by atoms with E-state index < -0.39 is 11.5 Å². The van der Waals surface area contributed by atoms with Crippen LogP contribution in [0.2, 0.25) is 5.02 Å². The van der Waals surface area contributed by atoms with Crippen molar-refractivity contribution in [3.63, 3.8) is 0 Å². The van der Waals surface area contributed by atoms with Gasteiger partial charge in [0.05, 0.1) is 17.6 Å². The van der Waals surface area contributed by atoms with Gasteiger partial charge in [-0.25, -0.2) is 4.98 Å². The van der Waals surface area contributed by atoms with Crippen molar-refractivity contribution in [3.8, 4) is 11.5 Å². The van der Waals surface area contributed by atoms with Gasteiger partial charge in [-0.2, -0.15) is 0 Å². The maximum atomic E-state index is 13.2. The average Bonchev–Trinajstić information content (AvgIpc) is 3.26. The van der Waals surface area contributed by atoms with Crippen LogP contribution in [0.4, 0.5) is 5.13 Å². The molecule has 1 aliphatic carbocycles. The molecule has 33 heavy (non-hydrogen) atoms. The van der Waals surface area contributed by atoms with Gasteiger partial charge >= 0.3 is 0 Å². The van der Waals surface area contributed by atoms with Crippen molar-refractivity contribution < 1.29 is 19.4 Å². The van der Waals surface area contributed by atoms with Gasteiger partial charge in [-0.3, -0.25) is 4.79 Å². The highest BCUT2D eigenvalue weighted by atomic mass is 35.5. The lowest BCUT2D eigenvalue weighted by molar-refractivity contribution is -0.118. The first-order valence-corrected chi connectivity index (χ1v) is 12.0. The van der Waals surface area contributed by atoms with Gasteiger partial charge in [-0.05, 0) is 49.1 Å². The molecule has 1 aliphatic heterocycles. The molecule has 0 saturated heterocycles. The maximum Gasteiger partial charge on any atom is 0.236 e. The first kappa shape index (κ1) is 22.2. The molecule has 1 unspecified atom stereocenters. The Morgan fingerprint density at radius 1 is 1.24 bits per heavy atom. The van der Waals surface area contributed by atoms with E-state index in [0.717, 1.165) is 28.8 Å². The number of benzene rings is 2. The zero-order valence-electron chi connectivity index (χ0n) is 18.0. The van der Waals surface area contributed by atoms with Crippen LogP contribution >= 0.6 is 22.9 Å². The number of amides is 1. The van der Waals surface area contributed by atoms with Crippen LogP contribution in [-0.2, 0) is 10.2 Å². The average molecular weight is 486 g/mol. The zero-order chi connectivity index (χ0) is 23.0. The van der Waals surface area contributed by atoms with Crippen LogP contribution in [-0.4, -0.2) is 35.4 Å². The third-order valence-corrected chi connectivity index (χ3v) is 7.29. The van der Waals surface area contributed by atoms with Gasteiger partial charge in [0.15, 0.2) is 16.6 Å².